The van der Waals surface area contributed by atoms with E-state index < -0.39 is 5.95 Å². The fraction of sp³-hybridized carbons (Fsp3) is 0.290. The number of hydrogen-bond acceptors (Lipinski definition) is 6. The summed E-state index contributed by atoms with van der Waals surface area (Å²) in [4.78, 5) is 36.9. The molecule has 8 nitrogen and oxygen atoms in total. The minimum absolute atomic E-state index is 0.105. The largest absolute Gasteiger partial charge is 0.363 e. The SMILES string of the molecule is CC(=O)N1CC(C#Cc2ccc(N3CCCC3c3csc(NC(=O)c4cccn4Cc4ccnc(F)c4)n3)cc2)C1. The Labute approximate surface area is 241 Å². The first-order valence-electron chi connectivity index (χ1n) is 13.6. The molecule has 1 unspecified atom stereocenters. The molecule has 6 rings (SSSR count). The van der Waals surface area contributed by atoms with Crippen molar-refractivity contribution in [2.75, 3.05) is 29.9 Å². The van der Waals surface area contributed by atoms with Gasteiger partial charge in [0.05, 0.1) is 17.7 Å². The number of nitrogens with one attached hydrogen (secondary N) is 1. The van der Waals surface area contributed by atoms with Gasteiger partial charge in [0.1, 0.15) is 5.69 Å². The Morgan fingerprint density at radius 1 is 1.17 bits per heavy atom. The second-order valence-corrected chi connectivity index (χ2v) is 11.2. The first-order valence-corrected chi connectivity index (χ1v) is 14.5. The fourth-order valence-corrected chi connectivity index (χ4v) is 6.04. The number of carbonyl (C=O) groups is 2. The van der Waals surface area contributed by atoms with Gasteiger partial charge in [0.25, 0.3) is 5.91 Å². The molecule has 2 saturated heterocycles. The first-order chi connectivity index (χ1) is 19.9. The van der Waals surface area contributed by atoms with Crippen LogP contribution < -0.4 is 10.2 Å². The topological polar surface area (TPSA) is 83.4 Å². The van der Waals surface area contributed by atoms with Crippen LogP contribution in [0.4, 0.5) is 15.2 Å². The van der Waals surface area contributed by atoms with Gasteiger partial charge in [0, 0.05) is 62.1 Å². The van der Waals surface area contributed by atoms with Crippen molar-refractivity contribution in [2.24, 2.45) is 5.92 Å². The third kappa shape index (κ3) is 6.00. The van der Waals surface area contributed by atoms with Crippen LogP contribution in [0.25, 0.3) is 0 Å². The second-order valence-electron chi connectivity index (χ2n) is 10.3. The van der Waals surface area contributed by atoms with Crippen molar-refractivity contribution in [1.82, 2.24) is 19.4 Å². The van der Waals surface area contributed by atoms with E-state index in [0.29, 0.717) is 30.5 Å². The summed E-state index contributed by atoms with van der Waals surface area (Å²) in [6.07, 6.45) is 5.26. The average Bonchev–Trinajstić information content (AvgIpc) is 3.69. The molecule has 10 heteroatoms. The Balaban J connectivity index is 1.09. The molecule has 0 saturated carbocycles. The molecule has 2 aliphatic heterocycles. The van der Waals surface area contributed by atoms with Crippen LogP contribution in [0, 0.1) is 23.7 Å². The van der Waals surface area contributed by atoms with Crippen molar-refractivity contribution in [3.8, 4) is 11.8 Å². The molecule has 2 fully saturated rings. The van der Waals surface area contributed by atoms with Gasteiger partial charge in [-0.25, -0.2) is 9.97 Å². The molecular formula is C31H29FN6O2S. The van der Waals surface area contributed by atoms with Gasteiger partial charge in [-0.15, -0.1) is 11.3 Å². The predicted octanol–water partition coefficient (Wildman–Crippen LogP) is 4.95. The highest BCUT2D eigenvalue weighted by atomic mass is 32.1. The van der Waals surface area contributed by atoms with Crippen molar-refractivity contribution in [1.29, 1.82) is 0 Å². The lowest BCUT2D eigenvalue weighted by molar-refractivity contribution is -0.133. The quantitative estimate of drug-likeness (QED) is 0.263. The standard InChI is InChI=1S/C31H29FN6O2S/c1-21(39)37-18-24(19-37)7-6-22-8-10-25(11-9-22)38-15-3-4-27(38)26-20-41-31(34-26)35-30(40)28-5-2-14-36(28)17-23-12-13-33-29(32)16-23/h2,5,8-14,16,20,24,27H,3-4,15,17-19H2,1H3,(H,34,35,40). The normalized spacial score (nSPS) is 16.7. The maximum atomic E-state index is 13.5. The smallest absolute Gasteiger partial charge is 0.274 e. The van der Waals surface area contributed by atoms with Gasteiger partial charge in [-0.05, 0) is 66.9 Å². The van der Waals surface area contributed by atoms with E-state index >= 15 is 0 Å². The summed E-state index contributed by atoms with van der Waals surface area (Å²) in [5, 5.41) is 5.50. The molecule has 3 aromatic heterocycles. The van der Waals surface area contributed by atoms with Gasteiger partial charge < -0.3 is 14.4 Å². The molecule has 1 atom stereocenters. The van der Waals surface area contributed by atoms with Crippen LogP contribution in [0.5, 0.6) is 0 Å². The lowest BCUT2D eigenvalue weighted by Gasteiger charge is -2.35. The Morgan fingerprint density at radius 2 is 2.00 bits per heavy atom. The predicted molar refractivity (Wildman–Crippen MR) is 156 cm³/mol. The molecule has 2 amide bonds. The van der Waals surface area contributed by atoms with Gasteiger partial charge in [-0.1, -0.05) is 11.8 Å². The number of anilines is 2. The van der Waals surface area contributed by atoms with Crippen LogP contribution in [-0.4, -0.2) is 50.9 Å². The van der Waals surface area contributed by atoms with E-state index in [1.54, 1.807) is 40.8 Å². The molecule has 2 aliphatic rings. The zero-order valence-electron chi connectivity index (χ0n) is 22.6. The van der Waals surface area contributed by atoms with Gasteiger partial charge >= 0.3 is 0 Å². The summed E-state index contributed by atoms with van der Waals surface area (Å²) >= 11 is 1.41. The number of halogens is 1. The number of hydrogen-bond donors (Lipinski definition) is 1. The molecule has 4 aromatic rings. The van der Waals surface area contributed by atoms with E-state index in [9.17, 15) is 14.0 Å². The maximum absolute atomic E-state index is 13.5. The van der Waals surface area contributed by atoms with Crippen molar-refractivity contribution in [2.45, 2.75) is 32.4 Å². The zero-order chi connectivity index (χ0) is 28.3. The highest BCUT2D eigenvalue weighted by Gasteiger charge is 2.29. The number of likely N-dealkylation sites (tertiary alicyclic amines) is 1. The van der Waals surface area contributed by atoms with Crippen LogP contribution >= 0.6 is 11.3 Å². The second kappa shape index (κ2) is 11.6. The van der Waals surface area contributed by atoms with E-state index in [-0.39, 0.29) is 23.8 Å². The minimum Gasteiger partial charge on any atom is -0.363 e. The molecule has 0 radical (unpaired) electrons. The van der Waals surface area contributed by atoms with E-state index in [0.717, 1.165) is 41.9 Å². The summed E-state index contributed by atoms with van der Waals surface area (Å²) in [5.41, 5.74) is 4.21. The Bertz CT molecular complexity index is 1630. The van der Waals surface area contributed by atoms with Crippen LogP contribution in [-0.2, 0) is 11.3 Å². The molecule has 0 aliphatic carbocycles. The van der Waals surface area contributed by atoms with Crippen molar-refractivity contribution in [3.05, 3.63) is 94.8 Å². The highest BCUT2D eigenvalue weighted by molar-refractivity contribution is 7.14. The fourth-order valence-electron chi connectivity index (χ4n) is 5.29. The number of nitrogens with zero attached hydrogens (tertiary/aromatic N) is 5. The van der Waals surface area contributed by atoms with E-state index in [1.165, 1.54) is 23.6 Å². The van der Waals surface area contributed by atoms with E-state index in [2.05, 4.69) is 39.2 Å². The zero-order valence-corrected chi connectivity index (χ0v) is 23.4. The number of carbonyl (C=O) groups excluding carboxylic acids is 2. The number of thiazole rings is 1. The van der Waals surface area contributed by atoms with E-state index in [1.807, 2.05) is 17.5 Å². The van der Waals surface area contributed by atoms with Crippen LogP contribution in [0.2, 0.25) is 0 Å². The van der Waals surface area contributed by atoms with Crippen molar-refractivity contribution >= 4 is 34.0 Å². The summed E-state index contributed by atoms with van der Waals surface area (Å²) in [5.74, 6) is 6.05. The molecule has 1 N–H and O–H groups in total. The summed E-state index contributed by atoms with van der Waals surface area (Å²) in [7, 11) is 0. The summed E-state index contributed by atoms with van der Waals surface area (Å²) in [6.45, 7) is 4.31. The molecule has 208 valence electrons. The van der Waals surface area contributed by atoms with Gasteiger partial charge in [-0.2, -0.15) is 4.39 Å². The molecule has 0 bridgehead atoms. The van der Waals surface area contributed by atoms with Crippen molar-refractivity contribution < 1.29 is 14.0 Å². The van der Waals surface area contributed by atoms with Crippen LogP contribution in [0.15, 0.2) is 66.3 Å². The van der Waals surface area contributed by atoms with E-state index in [4.69, 9.17) is 4.98 Å². The molecular weight excluding hydrogens is 539 g/mol. The third-order valence-corrected chi connectivity index (χ3v) is 8.27. The number of aromatic nitrogens is 3. The van der Waals surface area contributed by atoms with Gasteiger partial charge in [0.2, 0.25) is 11.9 Å². The summed E-state index contributed by atoms with van der Waals surface area (Å²) < 4.78 is 15.3. The van der Waals surface area contributed by atoms with Gasteiger partial charge in [-0.3, -0.25) is 14.9 Å². The minimum atomic E-state index is -0.547. The average molecular weight is 569 g/mol. The summed E-state index contributed by atoms with van der Waals surface area (Å²) in [6, 6.07) is 15.0. The Hall–Kier alpha value is -4.49. The first kappa shape index (κ1) is 26.7. The molecule has 5 heterocycles. The molecule has 1 aromatic carbocycles. The Morgan fingerprint density at radius 3 is 2.78 bits per heavy atom. The number of amides is 2. The van der Waals surface area contributed by atoms with Crippen LogP contribution in [0.3, 0.4) is 0 Å². The van der Waals surface area contributed by atoms with Crippen molar-refractivity contribution in [3.63, 3.8) is 0 Å². The third-order valence-electron chi connectivity index (χ3n) is 7.49. The number of rotatable bonds is 6. The highest BCUT2D eigenvalue weighted by Crippen LogP contribution is 2.37. The Kier molecular flexibility index (Phi) is 7.53. The van der Waals surface area contributed by atoms with Crippen LogP contribution in [0.1, 0.15) is 53.1 Å². The number of benzene rings is 1. The maximum Gasteiger partial charge on any atom is 0.274 e. The number of pyridine rings is 1. The lowest BCUT2D eigenvalue weighted by atomic mass is 10.0. The monoisotopic (exact) mass is 568 g/mol. The van der Waals surface area contributed by atoms with Gasteiger partial charge in [0.15, 0.2) is 5.13 Å². The molecule has 41 heavy (non-hydrogen) atoms. The molecule has 0 spiro atoms. The lowest BCUT2D eigenvalue weighted by Crippen LogP contribution is -2.48.